The van der Waals surface area contributed by atoms with Gasteiger partial charge in [0, 0.05) is 5.69 Å². The highest BCUT2D eigenvalue weighted by Crippen LogP contribution is 2.12. The van der Waals surface area contributed by atoms with E-state index in [1.165, 1.54) is 6.92 Å². The Labute approximate surface area is 113 Å². The molecule has 1 aromatic rings. The summed E-state index contributed by atoms with van der Waals surface area (Å²) in [6.07, 6.45) is 0.898. The minimum atomic E-state index is -3.60. The van der Waals surface area contributed by atoms with Crippen molar-refractivity contribution in [2.45, 2.75) is 25.5 Å². The summed E-state index contributed by atoms with van der Waals surface area (Å²) < 4.78 is 23.3. The number of sulfone groups is 1. The van der Waals surface area contributed by atoms with Gasteiger partial charge in [0.2, 0.25) is 5.91 Å². The van der Waals surface area contributed by atoms with Crippen LogP contribution >= 0.6 is 0 Å². The van der Waals surface area contributed by atoms with Gasteiger partial charge in [-0.3, -0.25) is 4.79 Å². The van der Waals surface area contributed by atoms with E-state index in [0.29, 0.717) is 5.69 Å². The second-order valence-electron chi connectivity index (χ2n) is 4.27. The Morgan fingerprint density at radius 3 is 2.37 bits per heavy atom. The van der Waals surface area contributed by atoms with Crippen LogP contribution in [0.2, 0.25) is 0 Å². The van der Waals surface area contributed by atoms with Gasteiger partial charge in [0.1, 0.15) is 5.25 Å². The average Bonchev–Trinajstić information content (AvgIpc) is 2.38. The number of aliphatic hydroxyl groups excluding tert-OH is 1. The monoisotopic (exact) mass is 285 g/mol. The van der Waals surface area contributed by atoms with E-state index in [0.717, 1.165) is 12.0 Å². The number of aryl methyl sites for hydroxylation is 1. The molecule has 2 N–H and O–H groups in total. The fourth-order valence-electron chi connectivity index (χ4n) is 1.53. The number of aliphatic hydroxyl groups is 1. The van der Waals surface area contributed by atoms with E-state index >= 15 is 0 Å². The maximum atomic E-state index is 11.8. The predicted octanol–water partition coefficient (Wildman–Crippen LogP) is 0.983. The van der Waals surface area contributed by atoms with Gasteiger partial charge < -0.3 is 10.4 Å². The summed E-state index contributed by atoms with van der Waals surface area (Å²) in [6.45, 7) is 2.86. The van der Waals surface area contributed by atoms with E-state index in [1.807, 2.05) is 19.1 Å². The van der Waals surface area contributed by atoms with Crippen LogP contribution < -0.4 is 5.32 Å². The van der Waals surface area contributed by atoms with E-state index in [1.54, 1.807) is 12.1 Å². The smallest absolute Gasteiger partial charge is 0.242 e. The molecule has 0 aromatic heterocycles. The number of benzene rings is 1. The number of nitrogens with one attached hydrogen (secondary N) is 1. The number of hydrogen-bond acceptors (Lipinski definition) is 4. The van der Waals surface area contributed by atoms with Crippen LogP contribution in [0.4, 0.5) is 5.69 Å². The standard InChI is InChI=1S/C13H19NO4S/c1-3-11-4-6-12(7-5-11)14-13(16)10(2)19(17,18)9-8-15/h4-7,10,15H,3,8-9H2,1-2H3,(H,14,16). The van der Waals surface area contributed by atoms with Gasteiger partial charge in [-0.2, -0.15) is 0 Å². The summed E-state index contributed by atoms with van der Waals surface area (Å²) in [4.78, 5) is 11.8. The number of hydrogen-bond donors (Lipinski definition) is 2. The van der Waals surface area contributed by atoms with Crippen molar-refractivity contribution in [1.82, 2.24) is 0 Å². The average molecular weight is 285 g/mol. The number of amides is 1. The van der Waals surface area contributed by atoms with Crippen LogP contribution in [0.15, 0.2) is 24.3 Å². The second-order valence-corrected chi connectivity index (χ2v) is 6.71. The highest BCUT2D eigenvalue weighted by molar-refractivity contribution is 7.92. The highest BCUT2D eigenvalue weighted by Gasteiger charge is 2.27. The number of carbonyl (C=O) groups excluding carboxylic acids is 1. The Morgan fingerprint density at radius 2 is 1.89 bits per heavy atom. The normalized spacial score (nSPS) is 13.0. The molecule has 6 heteroatoms. The SMILES string of the molecule is CCc1ccc(NC(=O)C(C)S(=O)(=O)CCO)cc1. The Bertz CT molecular complexity index is 522. The van der Waals surface area contributed by atoms with Crippen LogP contribution in [-0.2, 0) is 21.1 Å². The molecule has 0 bridgehead atoms. The molecule has 0 saturated carbocycles. The molecule has 0 spiro atoms. The molecule has 1 aromatic carbocycles. The number of carbonyl (C=O) groups is 1. The van der Waals surface area contributed by atoms with Gasteiger partial charge in [-0.15, -0.1) is 0 Å². The van der Waals surface area contributed by atoms with Gasteiger partial charge in [0.05, 0.1) is 12.4 Å². The molecule has 1 unspecified atom stereocenters. The molecular formula is C13H19NO4S. The summed E-state index contributed by atoms with van der Waals surface area (Å²) >= 11 is 0. The lowest BCUT2D eigenvalue weighted by Gasteiger charge is -2.12. The van der Waals surface area contributed by atoms with Crippen molar-refractivity contribution in [2.75, 3.05) is 17.7 Å². The second kappa shape index (κ2) is 6.68. The molecule has 5 nitrogen and oxygen atoms in total. The summed E-state index contributed by atoms with van der Waals surface area (Å²) in [5, 5.41) is 10.1. The summed E-state index contributed by atoms with van der Waals surface area (Å²) in [7, 11) is -3.60. The minimum Gasteiger partial charge on any atom is -0.395 e. The first-order valence-electron chi connectivity index (χ1n) is 6.13. The first-order valence-corrected chi connectivity index (χ1v) is 7.84. The van der Waals surface area contributed by atoms with Gasteiger partial charge in [-0.25, -0.2) is 8.42 Å². The van der Waals surface area contributed by atoms with Crippen LogP contribution in [0.3, 0.4) is 0 Å². The lowest BCUT2D eigenvalue weighted by Crippen LogP contribution is -2.34. The van der Waals surface area contributed by atoms with Crippen molar-refractivity contribution in [3.63, 3.8) is 0 Å². The molecule has 1 atom stereocenters. The molecule has 0 fully saturated rings. The predicted molar refractivity (Wildman–Crippen MR) is 74.8 cm³/mol. The summed E-state index contributed by atoms with van der Waals surface area (Å²) in [6, 6.07) is 7.23. The molecule has 0 aliphatic carbocycles. The molecule has 19 heavy (non-hydrogen) atoms. The molecule has 0 saturated heterocycles. The molecule has 106 valence electrons. The van der Waals surface area contributed by atoms with Crippen LogP contribution in [0, 0.1) is 0 Å². The Kier molecular flexibility index (Phi) is 5.50. The van der Waals surface area contributed by atoms with Crippen LogP contribution in [0.1, 0.15) is 19.4 Å². The zero-order valence-electron chi connectivity index (χ0n) is 11.1. The van der Waals surface area contributed by atoms with Gasteiger partial charge in [-0.1, -0.05) is 19.1 Å². The molecule has 0 aliphatic rings. The van der Waals surface area contributed by atoms with Crippen LogP contribution in [0.5, 0.6) is 0 Å². The van der Waals surface area contributed by atoms with Gasteiger partial charge in [0.25, 0.3) is 0 Å². The third kappa shape index (κ3) is 4.33. The zero-order chi connectivity index (χ0) is 14.5. The highest BCUT2D eigenvalue weighted by atomic mass is 32.2. The van der Waals surface area contributed by atoms with Gasteiger partial charge in [0.15, 0.2) is 9.84 Å². The maximum Gasteiger partial charge on any atom is 0.242 e. The topological polar surface area (TPSA) is 83.5 Å². The lowest BCUT2D eigenvalue weighted by molar-refractivity contribution is -0.115. The van der Waals surface area contributed by atoms with Crippen molar-refractivity contribution >= 4 is 21.4 Å². The Morgan fingerprint density at radius 1 is 1.32 bits per heavy atom. The van der Waals surface area contributed by atoms with Crippen molar-refractivity contribution in [3.05, 3.63) is 29.8 Å². The van der Waals surface area contributed by atoms with E-state index in [-0.39, 0.29) is 0 Å². The molecule has 1 rings (SSSR count). The Hall–Kier alpha value is -1.40. The summed E-state index contributed by atoms with van der Waals surface area (Å²) in [5.74, 6) is -0.992. The van der Waals surface area contributed by atoms with Crippen molar-refractivity contribution in [3.8, 4) is 0 Å². The third-order valence-corrected chi connectivity index (χ3v) is 4.96. The van der Waals surface area contributed by atoms with Crippen molar-refractivity contribution < 1.29 is 18.3 Å². The maximum absolute atomic E-state index is 11.8. The van der Waals surface area contributed by atoms with Crippen molar-refractivity contribution in [2.24, 2.45) is 0 Å². The molecule has 0 heterocycles. The molecule has 0 aliphatic heterocycles. The fraction of sp³-hybridized carbons (Fsp3) is 0.462. The fourth-order valence-corrected chi connectivity index (χ4v) is 2.53. The van der Waals surface area contributed by atoms with E-state index in [4.69, 9.17) is 5.11 Å². The number of anilines is 1. The molecule has 0 radical (unpaired) electrons. The van der Waals surface area contributed by atoms with E-state index in [9.17, 15) is 13.2 Å². The largest absolute Gasteiger partial charge is 0.395 e. The minimum absolute atomic E-state index is 0.406. The van der Waals surface area contributed by atoms with Gasteiger partial charge >= 0.3 is 0 Å². The third-order valence-electron chi connectivity index (χ3n) is 2.91. The zero-order valence-corrected chi connectivity index (χ0v) is 11.9. The molecular weight excluding hydrogens is 266 g/mol. The van der Waals surface area contributed by atoms with E-state index < -0.39 is 33.4 Å². The molecule has 1 amide bonds. The van der Waals surface area contributed by atoms with Crippen LogP contribution in [0.25, 0.3) is 0 Å². The first-order chi connectivity index (χ1) is 8.90. The van der Waals surface area contributed by atoms with Crippen LogP contribution in [-0.4, -0.2) is 37.0 Å². The summed E-state index contributed by atoms with van der Waals surface area (Å²) in [5.41, 5.74) is 1.70. The van der Waals surface area contributed by atoms with Gasteiger partial charge in [-0.05, 0) is 31.0 Å². The van der Waals surface area contributed by atoms with E-state index in [2.05, 4.69) is 5.32 Å². The van der Waals surface area contributed by atoms with Crippen molar-refractivity contribution in [1.29, 1.82) is 0 Å². The number of rotatable bonds is 6. The first kappa shape index (κ1) is 15.7. The quantitative estimate of drug-likeness (QED) is 0.816. The Balaban J connectivity index is 2.73. The lowest BCUT2D eigenvalue weighted by atomic mass is 10.1.